The van der Waals surface area contributed by atoms with E-state index < -0.39 is 15.9 Å². The number of nitriles is 1. The Balaban J connectivity index is 1.87. The Labute approximate surface area is 175 Å². The quantitative estimate of drug-likeness (QED) is 0.589. The number of benzene rings is 2. The highest BCUT2D eigenvalue weighted by molar-refractivity contribution is 7.90. The van der Waals surface area contributed by atoms with Crippen molar-refractivity contribution >= 4 is 15.7 Å². The molecule has 0 saturated carbocycles. The van der Waals surface area contributed by atoms with Crippen molar-refractivity contribution in [2.75, 3.05) is 0 Å². The molecule has 1 aliphatic heterocycles. The Hall–Kier alpha value is -3.31. The third kappa shape index (κ3) is 4.02. The fraction of sp³-hybridized carbons (Fsp3) is 0.273. The molecule has 2 heterocycles. The molecule has 1 aromatic heterocycles. The SMILES string of the molecule is N#CC(C(=NS(=O)(=O)c1ccccc1)c1ccccc1)c1nnc2n1CCCCC2. The van der Waals surface area contributed by atoms with Gasteiger partial charge in [-0.1, -0.05) is 55.0 Å². The Bertz CT molecular complexity index is 1200. The van der Waals surface area contributed by atoms with E-state index in [4.69, 9.17) is 0 Å². The zero-order valence-electron chi connectivity index (χ0n) is 16.3. The van der Waals surface area contributed by atoms with Crippen LogP contribution in [0.5, 0.6) is 0 Å². The first-order chi connectivity index (χ1) is 14.6. The van der Waals surface area contributed by atoms with Crippen LogP contribution in [0, 0.1) is 11.3 Å². The molecule has 8 heteroatoms. The fourth-order valence-electron chi connectivity index (χ4n) is 3.62. The second kappa shape index (κ2) is 8.59. The third-order valence-electron chi connectivity index (χ3n) is 5.13. The third-order valence-corrected chi connectivity index (χ3v) is 6.43. The van der Waals surface area contributed by atoms with Crippen LogP contribution < -0.4 is 0 Å². The average Bonchev–Trinajstić information content (AvgIpc) is 3.02. The van der Waals surface area contributed by atoms with Crippen LogP contribution in [0.25, 0.3) is 0 Å². The molecule has 1 atom stereocenters. The molecule has 3 aromatic rings. The van der Waals surface area contributed by atoms with E-state index in [-0.39, 0.29) is 10.6 Å². The van der Waals surface area contributed by atoms with Gasteiger partial charge >= 0.3 is 0 Å². The van der Waals surface area contributed by atoms with E-state index in [2.05, 4.69) is 20.7 Å². The van der Waals surface area contributed by atoms with Gasteiger partial charge in [-0.15, -0.1) is 10.2 Å². The van der Waals surface area contributed by atoms with Crippen molar-refractivity contribution in [1.82, 2.24) is 14.8 Å². The van der Waals surface area contributed by atoms with Gasteiger partial charge in [0.15, 0.2) is 5.82 Å². The first-order valence-corrected chi connectivity index (χ1v) is 11.3. The zero-order chi connectivity index (χ0) is 21.0. The van der Waals surface area contributed by atoms with E-state index >= 15 is 0 Å². The topological polar surface area (TPSA) is 101 Å². The zero-order valence-corrected chi connectivity index (χ0v) is 17.2. The highest BCUT2D eigenvalue weighted by Crippen LogP contribution is 2.26. The van der Waals surface area contributed by atoms with Gasteiger partial charge in [0.05, 0.1) is 16.7 Å². The first kappa shape index (κ1) is 20.0. The number of aromatic nitrogens is 3. The summed E-state index contributed by atoms with van der Waals surface area (Å²) >= 11 is 0. The lowest BCUT2D eigenvalue weighted by atomic mass is 9.97. The van der Waals surface area contributed by atoms with Crippen molar-refractivity contribution in [3.63, 3.8) is 0 Å². The van der Waals surface area contributed by atoms with E-state index in [1.54, 1.807) is 42.5 Å². The van der Waals surface area contributed by atoms with E-state index in [0.717, 1.165) is 31.5 Å². The van der Waals surface area contributed by atoms with E-state index in [9.17, 15) is 13.7 Å². The molecule has 4 rings (SSSR count). The van der Waals surface area contributed by atoms with Gasteiger partial charge in [0.1, 0.15) is 11.7 Å². The fourth-order valence-corrected chi connectivity index (χ4v) is 4.69. The maximum absolute atomic E-state index is 13.0. The minimum Gasteiger partial charge on any atom is -0.314 e. The highest BCUT2D eigenvalue weighted by Gasteiger charge is 2.29. The van der Waals surface area contributed by atoms with Gasteiger partial charge in [-0.3, -0.25) is 0 Å². The standard InChI is InChI=1S/C22H21N5O2S/c23-16-19(22-25-24-20-14-8-3-9-15-27(20)22)21(17-10-4-1-5-11-17)26-30(28,29)18-12-6-2-7-13-18/h1-2,4-7,10-13,19H,3,8-9,14-15H2. The number of hydrogen-bond donors (Lipinski definition) is 0. The molecule has 0 saturated heterocycles. The largest absolute Gasteiger partial charge is 0.314 e. The van der Waals surface area contributed by atoms with Crippen molar-refractivity contribution in [3.05, 3.63) is 77.9 Å². The van der Waals surface area contributed by atoms with Crippen molar-refractivity contribution in [2.24, 2.45) is 4.40 Å². The number of fused-ring (bicyclic) bond motifs is 1. The summed E-state index contributed by atoms with van der Waals surface area (Å²) in [5, 5.41) is 18.6. The van der Waals surface area contributed by atoms with Gasteiger partial charge in [0.2, 0.25) is 0 Å². The second-order valence-electron chi connectivity index (χ2n) is 7.13. The van der Waals surface area contributed by atoms with Crippen LogP contribution in [0.2, 0.25) is 0 Å². The molecule has 0 amide bonds. The monoisotopic (exact) mass is 419 g/mol. The average molecular weight is 420 g/mol. The summed E-state index contributed by atoms with van der Waals surface area (Å²) in [7, 11) is -4.00. The van der Waals surface area contributed by atoms with Gasteiger partial charge < -0.3 is 4.57 Å². The second-order valence-corrected chi connectivity index (χ2v) is 8.73. The minimum atomic E-state index is -4.00. The van der Waals surface area contributed by atoms with Crippen LogP contribution in [0.15, 0.2) is 70.0 Å². The molecule has 0 spiro atoms. The first-order valence-electron chi connectivity index (χ1n) is 9.87. The molecule has 1 unspecified atom stereocenters. The maximum atomic E-state index is 13.0. The summed E-state index contributed by atoms with van der Waals surface area (Å²) in [6.45, 7) is 0.712. The number of rotatable bonds is 5. The number of aryl methyl sites for hydroxylation is 1. The Morgan fingerprint density at radius 2 is 1.70 bits per heavy atom. The predicted octanol–water partition coefficient (Wildman–Crippen LogP) is 3.49. The smallest absolute Gasteiger partial charge is 0.282 e. The Morgan fingerprint density at radius 1 is 1.00 bits per heavy atom. The van der Waals surface area contributed by atoms with Crippen LogP contribution in [-0.2, 0) is 23.0 Å². The lowest BCUT2D eigenvalue weighted by molar-refractivity contribution is 0.597. The van der Waals surface area contributed by atoms with E-state index in [0.29, 0.717) is 17.9 Å². The lowest BCUT2D eigenvalue weighted by Crippen LogP contribution is -2.20. The van der Waals surface area contributed by atoms with Crippen molar-refractivity contribution in [2.45, 2.75) is 43.0 Å². The normalized spacial score (nSPS) is 15.6. The molecule has 0 N–H and O–H groups in total. The highest BCUT2D eigenvalue weighted by atomic mass is 32.2. The van der Waals surface area contributed by atoms with Gasteiger partial charge in [0.25, 0.3) is 10.0 Å². The van der Waals surface area contributed by atoms with Crippen LogP contribution >= 0.6 is 0 Å². The van der Waals surface area contributed by atoms with Crippen LogP contribution in [-0.4, -0.2) is 28.9 Å². The molecule has 7 nitrogen and oxygen atoms in total. The number of sulfonamides is 1. The molecular formula is C22H21N5O2S. The molecule has 30 heavy (non-hydrogen) atoms. The van der Waals surface area contributed by atoms with Crippen LogP contribution in [0.3, 0.4) is 0 Å². The van der Waals surface area contributed by atoms with Crippen molar-refractivity contribution < 1.29 is 8.42 Å². The van der Waals surface area contributed by atoms with Gasteiger partial charge in [0, 0.05) is 13.0 Å². The summed E-state index contributed by atoms with van der Waals surface area (Å²) in [5.41, 5.74) is 0.718. The molecule has 0 aliphatic carbocycles. The van der Waals surface area contributed by atoms with Crippen LogP contribution in [0.1, 0.15) is 42.4 Å². The van der Waals surface area contributed by atoms with Gasteiger partial charge in [-0.2, -0.15) is 18.1 Å². The van der Waals surface area contributed by atoms with Gasteiger partial charge in [-0.05, 0) is 30.5 Å². The van der Waals surface area contributed by atoms with E-state index in [1.165, 1.54) is 12.1 Å². The summed E-state index contributed by atoms with van der Waals surface area (Å²) in [6.07, 6.45) is 3.88. The minimum absolute atomic E-state index is 0.0789. The summed E-state index contributed by atoms with van der Waals surface area (Å²) in [6, 6.07) is 19.2. The maximum Gasteiger partial charge on any atom is 0.282 e. The summed E-state index contributed by atoms with van der Waals surface area (Å²) in [4.78, 5) is 0.0789. The van der Waals surface area contributed by atoms with Crippen LogP contribution in [0.4, 0.5) is 0 Å². The van der Waals surface area contributed by atoms with Crippen molar-refractivity contribution in [1.29, 1.82) is 5.26 Å². The van der Waals surface area contributed by atoms with Crippen molar-refractivity contribution in [3.8, 4) is 6.07 Å². The Kier molecular flexibility index (Phi) is 5.72. The molecule has 2 aromatic carbocycles. The molecule has 1 aliphatic rings. The number of hydrogen-bond acceptors (Lipinski definition) is 5. The molecule has 0 fully saturated rings. The summed E-state index contributed by atoms with van der Waals surface area (Å²) in [5.74, 6) is 0.326. The molecule has 0 bridgehead atoms. The number of nitrogens with zero attached hydrogens (tertiary/aromatic N) is 5. The van der Waals surface area contributed by atoms with Gasteiger partial charge in [-0.25, -0.2) is 0 Å². The molecule has 0 radical (unpaired) electrons. The molecule has 152 valence electrons. The summed E-state index contributed by atoms with van der Waals surface area (Å²) < 4.78 is 32.1. The predicted molar refractivity (Wildman–Crippen MR) is 113 cm³/mol. The van der Waals surface area contributed by atoms with E-state index in [1.807, 2.05) is 10.6 Å². The Morgan fingerprint density at radius 3 is 2.40 bits per heavy atom. The lowest BCUT2D eigenvalue weighted by Gasteiger charge is -2.15. The molecular weight excluding hydrogens is 398 g/mol.